The average Bonchev–Trinajstić information content (AvgIpc) is 3.29. The Balaban J connectivity index is 1.95. The molecule has 1 aromatic carbocycles. The zero-order chi connectivity index (χ0) is 13.9. The number of benzene rings is 1. The minimum Gasteiger partial charge on any atom is -0.323 e. The van der Waals surface area contributed by atoms with Crippen LogP contribution in [0.2, 0.25) is 0 Å². The van der Waals surface area contributed by atoms with Crippen LogP contribution in [-0.2, 0) is 5.88 Å². The van der Waals surface area contributed by atoms with Crippen LogP contribution in [0.25, 0.3) is 11.0 Å². The molecule has 2 saturated carbocycles. The van der Waals surface area contributed by atoms with Gasteiger partial charge < -0.3 is 4.57 Å². The molecular weight excluding hydrogens is 282 g/mol. The molecule has 0 saturated heterocycles. The molecule has 2 aromatic rings. The second-order valence-electron chi connectivity index (χ2n) is 5.95. The minimum absolute atomic E-state index is 0.228. The summed E-state index contributed by atoms with van der Waals surface area (Å²) in [7, 11) is 0. The van der Waals surface area contributed by atoms with Crippen molar-refractivity contribution in [3.63, 3.8) is 0 Å². The maximum atomic E-state index is 13.9. The van der Waals surface area contributed by atoms with Crippen LogP contribution in [0.4, 0.5) is 8.78 Å². The topological polar surface area (TPSA) is 17.8 Å². The highest BCUT2D eigenvalue weighted by Gasteiger charge is 2.44. The molecule has 106 valence electrons. The summed E-state index contributed by atoms with van der Waals surface area (Å²) in [6.07, 6.45) is 4.78. The van der Waals surface area contributed by atoms with Gasteiger partial charge in [0.25, 0.3) is 0 Å². The fraction of sp³-hybridized carbons (Fsp3) is 0.533. The molecule has 0 aliphatic heterocycles. The Labute approximate surface area is 120 Å². The van der Waals surface area contributed by atoms with Crippen molar-refractivity contribution in [3.8, 4) is 0 Å². The Bertz CT molecular complexity index is 662. The summed E-state index contributed by atoms with van der Waals surface area (Å²) in [4.78, 5) is 4.30. The van der Waals surface area contributed by atoms with Gasteiger partial charge in [0.1, 0.15) is 17.2 Å². The van der Waals surface area contributed by atoms with E-state index in [1.807, 2.05) is 4.57 Å². The van der Waals surface area contributed by atoms with Crippen molar-refractivity contribution in [1.82, 2.24) is 9.55 Å². The number of rotatable bonds is 4. The number of alkyl halides is 1. The molecule has 0 radical (unpaired) electrons. The summed E-state index contributed by atoms with van der Waals surface area (Å²) in [5, 5.41) is 0. The minimum atomic E-state index is -0.601. The highest BCUT2D eigenvalue weighted by Crippen LogP contribution is 2.53. The van der Waals surface area contributed by atoms with Crippen LogP contribution in [-0.4, -0.2) is 9.55 Å². The first-order valence-corrected chi connectivity index (χ1v) is 7.64. The van der Waals surface area contributed by atoms with Crippen molar-refractivity contribution in [2.24, 2.45) is 11.8 Å². The Morgan fingerprint density at radius 1 is 1.20 bits per heavy atom. The predicted molar refractivity (Wildman–Crippen MR) is 73.7 cm³/mol. The maximum absolute atomic E-state index is 13.9. The molecule has 0 bridgehead atoms. The van der Waals surface area contributed by atoms with Gasteiger partial charge in [-0.2, -0.15) is 0 Å². The van der Waals surface area contributed by atoms with Crippen molar-refractivity contribution < 1.29 is 8.78 Å². The van der Waals surface area contributed by atoms with E-state index in [2.05, 4.69) is 4.98 Å². The van der Waals surface area contributed by atoms with Crippen molar-refractivity contribution in [2.45, 2.75) is 37.6 Å². The summed E-state index contributed by atoms with van der Waals surface area (Å²) in [5.74, 6) is 0.973. The van der Waals surface area contributed by atoms with Crippen LogP contribution >= 0.6 is 11.6 Å². The van der Waals surface area contributed by atoms with E-state index >= 15 is 0 Å². The van der Waals surface area contributed by atoms with E-state index in [1.54, 1.807) is 0 Å². The van der Waals surface area contributed by atoms with Crippen molar-refractivity contribution in [2.75, 3.05) is 0 Å². The van der Waals surface area contributed by atoms with Gasteiger partial charge in [0.15, 0.2) is 5.82 Å². The molecule has 5 heteroatoms. The fourth-order valence-electron chi connectivity index (χ4n) is 3.28. The third kappa shape index (κ3) is 1.93. The van der Waals surface area contributed by atoms with Crippen molar-refractivity contribution in [3.05, 3.63) is 29.6 Å². The zero-order valence-corrected chi connectivity index (χ0v) is 11.7. The van der Waals surface area contributed by atoms with Crippen LogP contribution in [0.15, 0.2) is 12.1 Å². The monoisotopic (exact) mass is 296 g/mol. The van der Waals surface area contributed by atoms with E-state index < -0.39 is 11.6 Å². The molecule has 0 atom stereocenters. The summed E-state index contributed by atoms with van der Waals surface area (Å²) in [6.45, 7) is 0. The third-order valence-electron chi connectivity index (χ3n) is 4.41. The molecular formula is C15H15ClF2N2. The highest BCUT2D eigenvalue weighted by atomic mass is 35.5. The van der Waals surface area contributed by atoms with Crippen LogP contribution in [0.5, 0.6) is 0 Å². The number of hydrogen-bond donors (Lipinski definition) is 0. The van der Waals surface area contributed by atoms with E-state index in [0.717, 1.165) is 6.07 Å². The quantitative estimate of drug-likeness (QED) is 0.764. The van der Waals surface area contributed by atoms with E-state index in [9.17, 15) is 8.78 Å². The molecule has 20 heavy (non-hydrogen) atoms. The molecule has 2 aliphatic carbocycles. The summed E-state index contributed by atoms with van der Waals surface area (Å²) < 4.78 is 29.5. The van der Waals surface area contributed by atoms with E-state index in [-0.39, 0.29) is 11.4 Å². The predicted octanol–water partition coefficient (Wildman–Crippen LogP) is 4.41. The molecule has 2 fully saturated rings. The molecule has 0 amide bonds. The Kier molecular flexibility index (Phi) is 2.78. The molecule has 1 aromatic heterocycles. The Morgan fingerprint density at radius 2 is 1.85 bits per heavy atom. The third-order valence-corrected chi connectivity index (χ3v) is 4.65. The summed E-state index contributed by atoms with van der Waals surface area (Å²) in [5.41, 5.74) is 0.801. The molecule has 0 unspecified atom stereocenters. The van der Waals surface area contributed by atoms with E-state index in [1.165, 1.54) is 31.7 Å². The largest absolute Gasteiger partial charge is 0.323 e. The smallest absolute Gasteiger partial charge is 0.153 e. The lowest BCUT2D eigenvalue weighted by atomic mass is 10.1. The maximum Gasteiger partial charge on any atom is 0.153 e. The Morgan fingerprint density at radius 3 is 2.40 bits per heavy atom. The average molecular weight is 297 g/mol. The van der Waals surface area contributed by atoms with Gasteiger partial charge in [-0.25, -0.2) is 13.8 Å². The highest BCUT2D eigenvalue weighted by molar-refractivity contribution is 6.16. The molecule has 2 aliphatic rings. The first-order chi connectivity index (χ1) is 9.69. The van der Waals surface area contributed by atoms with E-state index in [0.29, 0.717) is 29.2 Å². The molecule has 2 nitrogen and oxygen atoms in total. The molecule has 0 spiro atoms. The summed E-state index contributed by atoms with van der Waals surface area (Å²) in [6, 6.07) is 2.59. The van der Waals surface area contributed by atoms with Gasteiger partial charge in [-0.15, -0.1) is 11.6 Å². The Hall–Kier alpha value is -1.16. The van der Waals surface area contributed by atoms with Crippen LogP contribution in [0, 0.1) is 23.5 Å². The standard InChI is InChI=1S/C15H15ClF2N2/c16-7-13-19-14-11(18)5-10(17)6-12(14)20(13)15(8-1-2-8)9-3-4-9/h5-6,8-9,15H,1-4,7H2. The first kappa shape index (κ1) is 12.6. The number of fused-ring (bicyclic) bond motifs is 1. The second kappa shape index (κ2) is 4.42. The van der Waals surface area contributed by atoms with Gasteiger partial charge in [-0.3, -0.25) is 0 Å². The number of aromatic nitrogens is 2. The second-order valence-corrected chi connectivity index (χ2v) is 6.22. The van der Waals surface area contributed by atoms with Gasteiger partial charge in [0, 0.05) is 12.1 Å². The number of imidazole rings is 1. The molecule has 1 heterocycles. The van der Waals surface area contributed by atoms with Gasteiger partial charge in [0.05, 0.1) is 11.4 Å². The lowest BCUT2D eigenvalue weighted by Gasteiger charge is -2.21. The van der Waals surface area contributed by atoms with Crippen LogP contribution < -0.4 is 0 Å². The molecule has 4 rings (SSSR count). The molecule has 0 N–H and O–H groups in total. The van der Waals surface area contributed by atoms with Gasteiger partial charge >= 0.3 is 0 Å². The van der Waals surface area contributed by atoms with E-state index in [4.69, 9.17) is 11.6 Å². The SMILES string of the molecule is Fc1cc(F)c2nc(CCl)n(C(C3CC3)C3CC3)c2c1. The number of halogens is 3. The first-order valence-electron chi connectivity index (χ1n) is 7.11. The van der Waals surface area contributed by atoms with Crippen LogP contribution in [0.3, 0.4) is 0 Å². The van der Waals surface area contributed by atoms with Gasteiger partial charge in [-0.05, 0) is 43.6 Å². The van der Waals surface area contributed by atoms with Crippen molar-refractivity contribution in [1.29, 1.82) is 0 Å². The normalized spacial score (nSPS) is 19.2. The van der Waals surface area contributed by atoms with Gasteiger partial charge in [0.2, 0.25) is 0 Å². The fourth-order valence-corrected chi connectivity index (χ4v) is 3.47. The zero-order valence-electron chi connectivity index (χ0n) is 11.0. The van der Waals surface area contributed by atoms with Crippen LogP contribution in [0.1, 0.15) is 37.5 Å². The lowest BCUT2D eigenvalue weighted by Crippen LogP contribution is -2.16. The lowest BCUT2D eigenvalue weighted by molar-refractivity contribution is 0.395. The number of hydrogen-bond acceptors (Lipinski definition) is 1. The summed E-state index contributed by atoms with van der Waals surface area (Å²) >= 11 is 5.99. The number of nitrogens with zero attached hydrogens (tertiary/aromatic N) is 2. The van der Waals surface area contributed by atoms with Crippen molar-refractivity contribution >= 4 is 22.6 Å². The van der Waals surface area contributed by atoms with Gasteiger partial charge in [-0.1, -0.05) is 0 Å².